The Labute approximate surface area is 119 Å². The van der Waals surface area contributed by atoms with Gasteiger partial charge in [0.15, 0.2) is 0 Å². The van der Waals surface area contributed by atoms with Crippen molar-refractivity contribution in [2.75, 3.05) is 26.2 Å². The molecular weight excluding hydrogens is 269 g/mol. The van der Waals surface area contributed by atoms with Crippen molar-refractivity contribution >= 4 is 23.2 Å². The van der Waals surface area contributed by atoms with Crippen molar-refractivity contribution in [1.29, 1.82) is 0 Å². The molecule has 100 valence electrons. The van der Waals surface area contributed by atoms with Gasteiger partial charge in [-0.15, -0.1) is 0 Å². The predicted octanol–water partition coefficient (Wildman–Crippen LogP) is 4.25. The second-order valence-electron chi connectivity index (χ2n) is 4.66. The molecule has 0 atom stereocenters. The summed E-state index contributed by atoms with van der Waals surface area (Å²) in [5, 5.41) is 1.06. The van der Waals surface area contributed by atoms with E-state index in [4.69, 9.17) is 27.9 Å². The molecule has 0 saturated carbocycles. The van der Waals surface area contributed by atoms with Crippen LogP contribution in [0.15, 0.2) is 18.2 Å². The molecule has 2 nitrogen and oxygen atoms in total. The summed E-state index contributed by atoms with van der Waals surface area (Å²) in [7, 11) is 0. The van der Waals surface area contributed by atoms with Crippen LogP contribution in [0, 0.1) is 0 Å². The summed E-state index contributed by atoms with van der Waals surface area (Å²) in [5.74, 6) is 0.683. The average molecular weight is 288 g/mol. The summed E-state index contributed by atoms with van der Waals surface area (Å²) in [6, 6.07) is 5.48. The van der Waals surface area contributed by atoms with Gasteiger partial charge in [-0.1, -0.05) is 35.7 Å². The monoisotopic (exact) mass is 287 g/mol. The highest BCUT2D eigenvalue weighted by Crippen LogP contribution is 2.31. The summed E-state index contributed by atoms with van der Waals surface area (Å²) in [6.45, 7) is 4.27. The summed E-state index contributed by atoms with van der Waals surface area (Å²) in [4.78, 5) is 2.51. The van der Waals surface area contributed by atoms with E-state index >= 15 is 0 Å². The molecule has 0 spiro atoms. The van der Waals surface area contributed by atoms with Crippen LogP contribution in [0.25, 0.3) is 0 Å². The lowest BCUT2D eigenvalue weighted by molar-refractivity contribution is 0.205. The first-order valence-corrected chi connectivity index (χ1v) is 7.32. The highest BCUT2D eigenvalue weighted by Gasteiger charge is 2.09. The molecule has 0 unspecified atom stereocenters. The Balaban J connectivity index is 1.70. The third-order valence-electron chi connectivity index (χ3n) is 3.24. The minimum atomic E-state index is 0.511. The Morgan fingerprint density at radius 1 is 1.11 bits per heavy atom. The first-order valence-electron chi connectivity index (χ1n) is 6.56. The summed E-state index contributed by atoms with van der Waals surface area (Å²) < 4.78 is 5.67. The molecule has 18 heavy (non-hydrogen) atoms. The van der Waals surface area contributed by atoms with Crippen LogP contribution in [0.4, 0.5) is 0 Å². The maximum Gasteiger partial charge on any atom is 0.139 e. The number of piperidine rings is 1. The number of benzene rings is 1. The van der Waals surface area contributed by atoms with Gasteiger partial charge in [0.05, 0.1) is 11.6 Å². The number of nitrogens with zero attached hydrogens (tertiary/aromatic N) is 1. The molecule has 0 aliphatic carbocycles. The van der Waals surface area contributed by atoms with E-state index in [1.807, 2.05) is 12.1 Å². The van der Waals surface area contributed by atoms with Crippen molar-refractivity contribution in [1.82, 2.24) is 4.90 Å². The maximum absolute atomic E-state index is 6.05. The van der Waals surface area contributed by atoms with Crippen LogP contribution in [0.3, 0.4) is 0 Å². The average Bonchev–Trinajstić information content (AvgIpc) is 2.40. The minimum absolute atomic E-state index is 0.511. The first-order chi connectivity index (χ1) is 8.77. The van der Waals surface area contributed by atoms with Crippen LogP contribution < -0.4 is 4.74 Å². The number of hydrogen-bond donors (Lipinski definition) is 0. The number of ether oxygens (including phenoxy) is 1. The lowest BCUT2D eigenvalue weighted by Crippen LogP contribution is -2.31. The molecule has 1 aliphatic heterocycles. The number of rotatable bonds is 5. The third-order valence-corrected chi connectivity index (χ3v) is 4.04. The van der Waals surface area contributed by atoms with Crippen molar-refractivity contribution in [3.8, 4) is 5.75 Å². The zero-order chi connectivity index (χ0) is 12.8. The van der Waals surface area contributed by atoms with E-state index in [0.717, 1.165) is 13.0 Å². The normalized spacial score (nSPS) is 16.8. The quantitative estimate of drug-likeness (QED) is 0.751. The van der Waals surface area contributed by atoms with Crippen LogP contribution in [-0.4, -0.2) is 31.1 Å². The van der Waals surface area contributed by atoms with Crippen LogP contribution >= 0.6 is 23.2 Å². The van der Waals surface area contributed by atoms with Crippen molar-refractivity contribution in [2.24, 2.45) is 0 Å². The standard InChI is InChI=1S/C14H19Cl2NO/c15-12-6-4-7-13(14(12)16)18-11-5-10-17-8-2-1-3-9-17/h4,6-7H,1-3,5,8-11H2. The van der Waals surface area contributed by atoms with E-state index in [-0.39, 0.29) is 0 Å². The first kappa shape index (κ1) is 14.0. The van der Waals surface area contributed by atoms with Gasteiger partial charge in [0, 0.05) is 6.54 Å². The molecule has 0 amide bonds. The topological polar surface area (TPSA) is 12.5 Å². The molecular formula is C14H19Cl2NO. The van der Waals surface area contributed by atoms with Gasteiger partial charge >= 0.3 is 0 Å². The molecule has 2 rings (SSSR count). The van der Waals surface area contributed by atoms with Crippen LogP contribution in [0.2, 0.25) is 10.0 Å². The summed E-state index contributed by atoms with van der Waals surface area (Å²) >= 11 is 12.0. The summed E-state index contributed by atoms with van der Waals surface area (Å²) in [5.41, 5.74) is 0. The van der Waals surface area contributed by atoms with Crippen LogP contribution in [0.5, 0.6) is 5.75 Å². The largest absolute Gasteiger partial charge is 0.492 e. The lowest BCUT2D eigenvalue weighted by Gasteiger charge is -2.26. The smallest absolute Gasteiger partial charge is 0.139 e. The van der Waals surface area contributed by atoms with E-state index in [2.05, 4.69) is 4.90 Å². The zero-order valence-electron chi connectivity index (χ0n) is 10.5. The molecule has 0 aromatic heterocycles. The van der Waals surface area contributed by atoms with E-state index in [1.54, 1.807) is 6.07 Å². The lowest BCUT2D eigenvalue weighted by atomic mass is 10.1. The van der Waals surface area contributed by atoms with Gasteiger partial charge in [-0.05, 0) is 44.5 Å². The van der Waals surface area contributed by atoms with E-state index in [0.29, 0.717) is 22.4 Å². The number of hydrogen-bond acceptors (Lipinski definition) is 2. The van der Waals surface area contributed by atoms with Gasteiger partial charge < -0.3 is 9.64 Å². The van der Waals surface area contributed by atoms with Crippen LogP contribution in [-0.2, 0) is 0 Å². The summed E-state index contributed by atoms with van der Waals surface area (Å²) in [6.07, 6.45) is 5.08. The third kappa shape index (κ3) is 4.04. The minimum Gasteiger partial charge on any atom is -0.492 e. The SMILES string of the molecule is Clc1cccc(OCCCN2CCCCC2)c1Cl. The highest BCUT2D eigenvalue weighted by molar-refractivity contribution is 6.42. The zero-order valence-corrected chi connectivity index (χ0v) is 12.0. The molecule has 1 aromatic rings. The molecule has 0 bridgehead atoms. The van der Waals surface area contributed by atoms with Crippen molar-refractivity contribution < 1.29 is 4.74 Å². The molecule has 0 radical (unpaired) electrons. The molecule has 1 heterocycles. The van der Waals surface area contributed by atoms with Crippen molar-refractivity contribution in [2.45, 2.75) is 25.7 Å². The van der Waals surface area contributed by atoms with E-state index in [1.165, 1.54) is 32.4 Å². The Hall–Kier alpha value is -0.440. The van der Waals surface area contributed by atoms with Gasteiger partial charge in [-0.25, -0.2) is 0 Å². The predicted molar refractivity (Wildman–Crippen MR) is 76.9 cm³/mol. The Morgan fingerprint density at radius 3 is 2.67 bits per heavy atom. The van der Waals surface area contributed by atoms with Gasteiger partial charge in [0.25, 0.3) is 0 Å². The van der Waals surface area contributed by atoms with Gasteiger partial charge in [-0.3, -0.25) is 0 Å². The molecule has 1 aliphatic rings. The van der Waals surface area contributed by atoms with Gasteiger partial charge in [-0.2, -0.15) is 0 Å². The Kier molecular flexibility index (Phi) is 5.61. The van der Waals surface area contributed by atoms with Crippen molar-refractivity contribution in [3.63, 3.8) is 0 Å². The molecule has 1 aromatic carbocycles. The fraction of sp³-hybridized carbons (Fsp3) is 0.571. The van der Waals surface area contributed by atoms with Gasteiger partial charge in [0.1, 0.15) is 10.8 Å². The maximum atomic E-state index is 6.05. The fourth-order valence-electron chi connectivity index (χ4n) is 2.25. The van der Waals surface area contributed by atoms with E-state index in [9.17, 15) is 0 Å². The van der Waals surface area contributed by atoms with E-state index < -0.39 is 0 Å². The van der Waals surface area contributed by atoms with Crippen molar-refractivity contribution in [3.05, 3.63) is 28.2 Å². The highest BCUT2D eigenvalue weighted by atomic mass is 35.5. The number of likely N-dealkylation sites (tertiary alicyclic amines) is 1. The van der Waals surface area contributed by atoms with Crippen LogP contribution in [0.1, 0.15) is 25.7 Å². The Bertz CT molecular complexity index is 378. The Morgan fingerprint density at radius 2 is 1.89 bits per heavy atom. The molecule has 0 N–H and O–H groups in total. The molecule has 1 fully saturated rings. The number of halogens is 2. The van der Waals surface area contributed by atoms with Gasteiger partial charge in [0.2, 0.25) is 0 Å². The second kappa shape index (κ2) is 7.22. The second-order valence-corrected chi connectivity index (χ2v) is 5.44. The fourth-order valence-corrected chi connectivity index (χ4v) is 2.60. The molecule has 4 heteroatoms. The molecule has 1 saturated heterocycles.